The van der Waals surface area contributed by atoms with E-state index in [0.717, 1.165) is 5.56 Å². The zero-order valence-corrected chi connectivity index (χ0v) is 9.01. The maximum Gasteiger partial charge on any atom is 0.244 e. The summed E-state index contributed by atoms with van der Waals surface area (Å²) >= 11 is 0. The van der Waals surface area contributed by atoms with Gasteiger partial charge in [-0.05, 0) is 23.8 Å². The highest BCUT2D eigenvalue weighted by molar-refractivity contribution is 5.94. The Hall–Kier alpha value is -2.61. The molecule has 1 aromatic rings. The summed E-state index contributed by atoms with van der Waals surface area (Å²) in [4.78, 5) is 21.6. The molecule has 1 rings (SSSR count). The van der Waals surface area contributed by atoms with Gasteiger partial charge in [-0.15, -0.1) is 0 Å². The van der Waals surface area contributed by atoms with Gasteiger partial charge in [0.1, 0.15) is 0 Å². The Labute approximate surface area is 98.5 Å². The van der Waals surface area contributed by atoms with Gasteiger partial charge in [-0.25, -0.2) is 0 Å². The van der Waals surface area contributed by atoms with Gasteiger partial charge in [0.15, 0.2) is 0 Å². The van der Waals surface area contributed by atoms with Crippen molar-refractivity contribution in [2.75, 3.05) is 6.54 Å². The number of nitrogens with one attached hydrogen (secondary N) is 1. The molecule has 3 N–H and O–H groups in total. The van der Waals surface area contributed by atoms with Gasteiger partial charge in [0.2, 0.25) is 11.8 Å². The molecule has 0 saturated heterocycles. The number of carbonyl (C=O) groups excluding carboxylic acids is 2. The molecule has 0 spiro atoms. The molecule has 2 amide bonds. The van der Waals surface area contributed by atoms with Gasteiger partial charge in [0.05, 0.1) is 18.2 Å². The van der Waals surface area contributed by atoms with E-state index in [1.807, 2.05) is 6.07 Å². The number of nitrogens with zero attached hydrogens (tertiary/aromatic N) is 1. The highest BCUT2D eigenvalue weighted by Gasteiger charge is 1.97. The van der Waals surface area contributed by atoms with E-state index in [-0.39, 0.29) is 6.54 Å². The van der Waals surface area contributed by atoms with E-state index in [1.54, 1.807) is 30.3 Å². The van der Waals surface area contributed by atoms with Crippen LogP contribution in [0.4, 0.5) is 0 Å². The molecule has 0 aliphatic rings. The molecule has 5 nitrogen and oxygen atoms in total. The Morgan fingerprint density at radius 1 is 1.35 bits per heavy atom. The number of amides is 2. The van der Waals surface area contributed by atoms with Crippen molar-refractivity contribution in [2.45, 2.75) is 0 Å². The number of primary amides is 1. The van der Waals surface area contributed by atoms with Crippen LogP contribution in [0.2, 0.25) is 0 Å². The van der Waals surface area contributed by atoms with Crippen molar-refractivity contribution >= 4 is 17.9 Å². The summed E-state index contributed by atoms with van der Waals surface area (Å²) in [5.74, 6) is -0.988. The Morgan fingerprint density at radius 2 is 2.00 bits per heavy atom. The highest BCUT2D eigenvalue weighted by Crippen LogP contribution is 2.04. The summed E-state index contributed by atoms with van der Waals surface area (Å²) in [6.45, 7) is -0.184. The molecular formula is C12H11N3O2. The third-order valence-corrected chi connectivity index (χ3v) is 1.90. The van der Waals surface area contributed by atoms with Crippen molar-refractivity contribution in [3.8, 4) is 6.07 Å². The van der Waals surface area contributed by atoms with Crippen LogP contribution in [0.5, 0.6) is 0 Å². The Bertz CT molecular complexity index is 483. The van der Waals surface area contributed by atoms with Crippen molar-refractivity contribution in [2.24, 2.45) is 5.73 Å². The first-order valence-electron chi connectivity index (χ1n) is 4.86. The molecule has 0 aliphatic heterocycles. The van der Waals surface area contributed by atoms with Crippen LogP contribution in [0, 0.1) is 11.3 Å². The van der Waals surface area contributed by atoms with Crippen LogP contribution in [0.15, 0.2) is 30.3 Å². The van der Waals surface area contributed by atoms with E-state index in [4.69, 9.17) is 11.0 Å². The monoisotopic (exact) mass is 229 g/mol. The first kappa shape index (κ1) is 12.5. The summed E-state index contributed by atoms with van der Waals surface area (Å²) in [5, 5.41) is 10.9. The summed E-state index contributed by atoms with van der Waals surface area (Å²) in [6, 6.07) is 8.74. The summed E-state index contributed by atoms with van der Waals surface area (Å²) in [6.07, 6.45) is 2.88. The fourth-order valence-electron chi connectivity index (χ4n) is 1.07. The van der Waals surface area contributed by atoms with E-state index in [2.05, 4.69) is 5.32 Å². The second-order valence-electron chi connectivity index (χ2n) is 3.25. The fourth-order valence-corrected chi connectivity index (χ4v) is 1.07. The van der Waals surface area contributed by atoms with Gasteiger partial charge >= 0.3 is 0 Å². The van der Waals surface area contributed by atoms with Crippen LogP contribution in [-0.4, -0.2) is 18.4 Å². The second-order valence-corrected chi connectivity index (χ2v) is 3.25. The predicted molar refractivity (Wildman–Crippen MR) is 62.4 cm³/mol. The van der Waals surface area contributed by atoms with Crippen LogP contribution in [0.3, 0.4) is 0 Å². The van der Waals surface area contributed by atoms with E-state index >= 15 is 0 Å². The number of nitriles is 1. The average molecular weight is 229 g/mol. The SMILES string of the molecule is N#Cc1ccc(C=CC(=O)NCC(N)=O)cc1. The van der Waals surface area contributed by atoms with Crippen LogP contribution in [0.25, 0.3) is 6.08 Å². The smallest absolute Gasteiger partial charge is 0.244 e. The molecule has 0 aromatic heterocycles. The number of hydrogen-bond acceptors (Lipinski definition) is 3. The zero-order valence-electron chi connectivity index (χ0n) is 9.01. The molecule has 5 heteroatoms. The fraction of sp³-hybridized carbons (Fsp3) is 0.0833. The molecule has 0 saturated carbocycles. The van der Waals surface area contributed by atoms with Crippen molar-refractivity contribution in [1.29, 1.82) is 5.26 Å². The first-order chi connectivity index (χ1) is 8.11. The lowest BCUT2D eigenvalue weighted by Crippen LogP contribution is -2.32. The molecular weight excluding hydrogens is 218 g/mol. The average Bonchev–Trinajstić information content (AvgIpc) is 2.34. The normalized spacial score (nSPS) is 9.82. The molecule has 0 heterocycles. The topological polar surface area (TPSA) is 96.0 Å². The Morgan fingerprint density at radius 3 is 2.53 bits per heavy atom. The molecule has 0 atom stereocenters. The highest BCUT2D eigenvalue weighted by atomic mass is 16.2. The van der Waals surface area contributed by atoms with E-state index < -0.39 is 11.8 Å². The van der Waals surface area contributed by atoms with Crippen LogP contribution < -0.4 is 11.1 Å². The molecule has 0 aliphatic carbocycles. The maximum atomic E-state index is 11.2. The third kappa shape index (κ3) is 4.62. The molecule has 0 radical (unpaired) electrons. The first-order valence-corrected chi connectivity index (χ1v) is 4.86. The van der Waals surface area contributed by atoms with Gasteiger partial charge < -0.3 is 11.1 Å². The van der Waals surface area contributed by atoms with Crippen molar-refractivity contribution in [3.05, 3.63) is 41.5 Å². The quantitative estimate of drug-likeness (QED) is 0.720. The molecule has 0 unspecified atom stereocenters. The predicted octanol–water partition coefficient (Wildman–Crippen LogP) is 0.173. The second kappa shape index (κ2) is 6.08. The number of carbonyl (C=O) groups is 2. The number of rotatable bonds is 4. The summed E-state index contributed by atoms with van der Waals surface area (Å²) in [7, 11) is 0. The molecule has 1 aromatic carbocycles. The van der Waals surface area contributed by atoms with E-state index in [9.17, 15) is 9.59 Å². The van der Waals surface area contributed by atoms with Crippen LogP contribution in [-0.2, 0) is 9.59 Å². The van der Waals surface area contributed by atoms with Crippen LogP contribution in [0.1, 0.15) is 11.1 Å². The summed E-state index contributed by atoms with van der Waals surface area (Å²) < 4.78 is 0. The van der Waals surface area contributed by atoms with Gasteiger partial charge in [-0.2, -0.15) is 5.26 Å². The van der Waals surface area contributed by atoms with Gasteiger partial charge in [0, 0.05) is 6.08 Å². The van der Waals surface area contributed by atoms with E-state index in [0.29, 0.717) is 5.56 Å². The van der Waals surface area contributed by atoms with Gasteiger partial charge in [-0.3, -0.25) is 9.59 Å². The molecule has 0 bridgehead atoms. The Balaban J connectivity index is 2.55. The zero-order chi connectivity index (χ0) is 12.7. The number of nitrogens with two attached hydrogens (primary N) is 1. The number of hydrogen-bond donors (Lipinski definition) is 2. The van der Waals surface area contributed by atoms with Crippen molar-refractivity contribution in [1.82, 2.24) is 5.32 Å². The minimum atomic E-state index is -0.592. The molecule has 17 heavy (non-hydrogen) atoms. The summed E-state index contributed by atoms with van der Waals surface area (Å²) in [5.41, 5.74) is 6.22. The minimum absolute atomic E-state index is 0.184. The Kier molecular flexibility index (Phi) is 4.45. The lowest BCUT2D eigenvalue weighted by atomic mass is 10.1. The largest absolute Gasteiger partial charge is 0.368 e. The minimum Gasteiger partial charge on any atom is -0.368 e. The van der Waals surface area contributed by atoms with Crippen LogP contribution >= 0.6 is 0 Å². The van der Waals surface area contributed by atoms with Crippen molar-refractivity contribution < 1.29 is 9.59 Å². The van der Waals surface area contributed by atoms with Gasteiger partial charge in [0.25, 0.3) is 0 Å². The van der Waals surface area contributed by atoms with E-state index in [1.165, 1.54) is 6.08 Å². The number of benzene rings is 1. The van der Waals surface area contributed by atoms with Gasteiger partial charge in [-0.1, -0.05) is 12.1 Å². The maximum absolute atomic E-state index is 11.2. The standard InChI is InChI=1S/C12H11N3O2/c13-7-10-3-1-9(2-4-10)5-6-12(17)15-8-11(14)16/h1-6H,8H2,(H2,14,16)(H,15,17). The lowest BCUT2D eigenvalue weighted by molar-refractivity contribution is -0.122. The van der Waals surface area contributed by atoms with Crippen molar-refractivity contribution in [3.63, 3.8) is 0 Å². The lowest BCUT2D eigenvalue weighted by Gasteiger charge is -1.97. The molecule has 86 valence electrons. The third-order valence-electron chi connectivity index (χ3n) is 1.90. The molecule has 0 fully saturated rings.